The van der Waals surface area contributed by atoms with Crippen LogP contribution in [0.5, 0.6) is 11.5 Å². The molecule has 0 bridgehead atoms. The van der Waals surface area contributed by atoms with Gasteiger partial charge in [-0.3, -0.25) is 0 Å². The highest BCUT2D eigenvalue weighted by atomic mass is 16.5. The van der Waals surface area contributed by atoms with Crippen LogP contribution in [0.25, 0.3) is 11.1 Å². The molecule has 0 radical (unpaired) electrons. The second-order valence-electron chi connectivity index (χ2n) is 3.80. The molecule has 0 saturated carbocycles. The van der Waals surface area contributed by atoms with Gasteiger partial charge in [0.05, 0.1) is 12.7 Å². The number of benzene rings is 2. The number of aromatic carboxylic acids is 1. The molecule has 18 heavy (non-hydrogen) atoms. The normalized spacial score (nSPS) is 10.1. The fraction of sp³-hybridized carbons (Fsp3) is 0.0714. The van der Waals surface area contributed by atoms with Crippen LogP contribution < -0.4 is 4.74 Å². The first kappa shape index (κ1) is 12.0. The van der Waals surface area contributed by atoms with Crippen LogP contribution in [0.1, 0.15) is 10.4 Å². The molecular formula is C14H12O4. The second-order valence-corrected chi connectivity index (χ2v) is 3.80. The first-order valence-electron chi connectivity index (χ1n) is 5.32. The van der Waals surface area contributed by atoms with Gasteiger partial charge in [0, 0.05) is 6.07 Å². The maximum atomic E-state index is 10.7. The summed E-state index contributed by atoms with van der Waals surface area (Å²) in [6.07, 6.45) is 0. The number of aromatic hydroxyl groups is 1. The van der Waals surface area contributed by atoms with Gasteiger partial charge in [-0.05, 0) is 35.4 Å². The van der Waals surface area contributed by atoms with Crippen molar-refractivity contribution in [1.82, 2.24) is 0 Å². The first-order chi connectivity index (χ1) is 8.60. The summed E-state index contributed by atoms with van der Waals surface area (Å²) in [5.41, 5.74) is 1.81. The van der Waals surface area contributed by atoms with E-state index >= 15 is 0 Å². The molecule has 0 aliphatic heterocycles. The highest BCUT2D eigenvalue weighted by Crippen LogP contribution is 2.29. The number of carboxylic acids is 1. The van der Waals surface area contributed by atoms with E-state index in [0.29, 0.717) is 5.75 Å². The number of phenols is 1. The van der Waals surface area contributed by atoms with Crippen molar-refractivity contribution in [1.29, 1.82) is 0 Å². The van der Waals surface area contributed by atoms with Crippen LogP contribution in [0, 0.1) is 0 Å². The first-order valence-corrected chi connectivity index (χ1v) is 5.32. The largest absolute Gasteiger partial charge is 0.508 e. The topological polar surface area (TPSA) is 66.8 Å². The summed E-state index contributed by atoms with van der Waals surface area (Å²) in [5.74, 6) is -0.311. The zero-order chi connectivity index (χ0) is 13.1. The molecule has 4 nitrogen and oxygen atoms in total. The lowest BCUT2D eigenvalue weighted by Crippen LogP contribution is -1.95. The maximum absolute atomic E-state index is 10.7. The highest BCUT2D eigenvalue weighted by Gasteiger charge is 2.05. The summed E-state index contributed by atoms with van der Waals surface area (Å²) in [4.78, 5) is 10.7. The average Bonchev–Trinajstić information content (AvgIpc) is 2.38. The molecule has 0 aromatic heterocycles. The van der Waals surface area contributed by atoms with Crippen molar-refractivity contribution >= 4 is 5.97 Å². The Morgan fingerprint density at radius 1 is 1.06 bits per heavy atom. The molecule has 0 spiro atoms. The number of methoxy groups -OCH3 is 1. The Kier molecular flexibility index (Phi) is 3.19. The maximum Gasteiger partial charge on any atom is 0.335 e. The molecule has 0 heterocycles. The van der Waals surface area contributed by atoms with Crippen molar-refractivity contribution in [2.45, 2.75) is 0 Å². The predicted octanol–water partition coefficient (Wildman–Crippen LogP) is 2.77. The summed E-state index contributed by atoms with van der Waals surface area (Å²) in [7, 11) is 1.52. The van der Waals surface area contributed by atoms with Gasteiger partial charge in [-0.1, -0.05) is 12.1 Å². The van der Waals surface area contributed by atoms with Crippen molar-refractivity contribution in [3.63, 3.8) is 0 Å². The fourth-order valence-corrected chi connectivity index (χ4v) is 1.67. The number of phenolic OH excluding ortho intramolecular Hbond substituents is 1. The summed E-state index contributed by atoms with van der Waals surface area (Å²) in [6.45, 7) is 0. The van der Waals surface area contributed by atoms with Crippen molar-refractivity contribution in [2.24, 2.45) is 0 Å². The van der Waals surface area contributed by atoms with Crippen molar-refractivity contribution in [2.75, 3.05) is 7.11 Å². The molecule has 4 heteroatoms. The molecule has 2 aromatic rings. The standard InChI is InChI=1S/C14H12O4/c1-18-13-7-11(6-12(15)8-13)9-2-4-10(5-3-9)14(16)17/h2-8,15H,1H3,(H,16,17). The molecule has 2 rings (SSSR count). The Morgan fingerprint density at radius 3 is 2.28 bits per heavy atom. The van der Waals surface area contributed by atoms with Crippen LogP contribution >= 0.6 is 0 Å². The van der Waals surface area contributed by atoms with E-state index in [2.05, 4.69) is 0 Å². The molecular weight excluding hydrogens is 232 g/mol. The van der Waals surface area contributed by atoms with Crippen molar-refractivity contribution < 1.29 is 19.7 Å². The van der Waals surface area contributed by atoms with Gasteiger partial charge in [0.2, 0.25) is 0 Å². The van der Waals surface area contributed by atoms with E-state index in [1.54, 1.807) is 24.3 Å². The monoisotopic (exact) mass is 244 g/mol. The molecule has 2 N–H and O–H groups in total. The third-order valence-corrected chi connectivity index (χ3v) is 2.59. The quantitative estimate of drug-likeness (QED) is 0.871. The van der Waals surface area contributed by atoms with E-state index in [1.165, 1.54) is 25.3 Å². The smallest absolute Gasteiger partial charge is 0.335 e. The summed E-state index contributed by atoms with van der Waals surface area (Å²) < 4.78 is 5.07. The molecule has 0 amide bonds. The molecule has 0 fully saturated rings. The average molecular weight is 244 g/mol. The SMILES string of the molecule is COc1cc(O)cc(-c2ccc(C(=O)O)cc2)c1. The van der Waals surface area contributed by atoms with Gasteiger partial charge in [-0.2, -0.15) is 0 Å². The van der Waals surface area contributed by atoms with E-state index in [4.69, 9.17) is 9.84 Å². The number of ether oxygens (including phenoxy) is 1. The third kappa shape index (κ3) is 2.43. The van der Waals surface area contributed by atoms with E-state index in [1.807, 2.05) is 0 Å². The van der Waals surface area contributed by atoms with Crippen LogP contribution in [0.2, 0.25) is 0 Å². The Balaban J connectivity index is 2.42. The molecule has 0 saturated heterocycles. The zero-order valence-electron chi connectivity index (χ0n) is 9.75. The Bertz CT molecular complexity index is 573. The van der Waals surface area contributed by atoms with E-state index in [9.17, 15) is 9.90 Å². The minimum absolute atomic E-state index is 0.103. The summed E-state index contributed by atoms with van der Waals surface area (Å²) in [6, 6.07) is 11.3. The Hall–Kier alpha value is -2.49. The summed E-state index contributed by atoms with van der Waals surface area (Å²) in [5, 5.41) is 18.4. The van der Waals surface area contributed by atoms with Gasteiger partial charge >= 0.3 is 5.97 Å². The molecule has 0 unspecified atom stereocenters. The van der Waals surface area contributed by atoms with E-state index in [0.717, 1.165) is 11.1 Å². The van der Waals surface area contributed by atoms with Gasteiger partial charge in [0.25, 0.3) is 0 Å². The van der Waals surface area contributed by atoms with Crippen molar-refractivity contribution in [3.05, 3.63) is 48.0 Å². The molecule has 92 valence electrons. The predicted molar refractivity (Wildman–Crippen MR) is 67.1 cm³/mol. The molecule has 0 aliphatic rings. The third-order valence-electron chi connectivity index (χ3n) is 2.59. The lowest BCUT2D eigenvalue weighted by molar-refractivity contribution is 0.0697. The lowest BCUT2D eigenvalue weighted by Gasteiger charge is -2.06. The number of hydrogen-bond acceptors (Lipinski definition) is 3. The van der Waals surface area contributed by atoms with Crippen LogP contribution in [0.15, 0.2) is 42.5 Å². The molecule has 2 aromatic carbocycles. The van der Waals surface area contributed by atoms with Gasteiger partial charge in [0.15, 0.2) is 0 Å². The van der Waals surface area contributed by atoms with Gasteiger partial charge in [-0.25, -0.2) is 4.79 Å². The van der Waals surface area contributed by atoms with Gasteiger partial charge in [0.1, 0.15) is 11.5 Å². The molecule has 0 aliphatic carbocycles. The van der Waals surface area contributed by atoms with Crippen LogP contribution in [-0.2, 0) is 0 Å². The van der Waals surface area contributed by atoms with Crippen LogP contribution in [0.3, 0.4) is 0 Å². The Labute approximate surface area is 104 Å². The minimum Gasteiger partial charge on any atom is -0.508 e. The van der Waals surface area contributed by atoms with Crippen LogP contribution in [0.4, 0.5) is 0 Å². The van der Waals surface area contributed by atoms with E-state index < -0.39 is 5.97 Å². The summed E-state index contributed by atoms with van der Waals surface area (Å²) >= 11 is 0. The highest BCUT2D eigenvalue weighted by molar-refractivity contribution is 5.88. The second kappa shape index (κ2) is 4.79. The minimum atomic E-state index is -0.963. The Morgan fingerprint density at radius 2 is 1.72 bits per heavy atom. The lowest BCUT2D eigenvalue weighted by atomic mass is 10.0. The molecule has 0 atom stereocenters. The van der Waals surface area contributed by atoms with Gasteiger partial charge < -0.3 is 14.9 Å². The number of carboxylic acid groups (broad SMARTS) is 1. The van der Waals surface area contributed by atoms with E-state index in [-0.39, 0.29) is 11.3 Å². The van der Waals surface area contributed by atoms with Crippen LogP contribution in [-0.4, -0.2) is 23.3 Å². The fourth-order valence-electron chi connectivity index (χ4n) is 1.67. The van der Waals surface area contributed by atoms with Gasteiger partial charge in [-0.15, -0.1) is 0 Å². The number of carbonyl (C=O) groups is 1. The number of hydrogen-bond donors (Lipinski definition) is 2. The number of rotatable bonds is 3. The zero-order valence-corrected chi connectivity index (χ0v) is 9.75. The van der Waals surface area contributed by atoms with Crippen molar-refractivity contribution in [3.8, 4) is 22.6 Å².